The molecule has 1 aliphatic carbocycles. The Hall–Kier alpha value is -0.870. The van der Waals surface area contributed by atoms with Crippen molar-refractivity contribution in [3.05, 3.63) is 11.3 Å². The zero-order chi connectivity index (χ0) is 11.8. The molecule has 2 unspecified atom stereocenters. The number of hydrogen-bond donors (Lipinski definition) is 0. The SMILES string of the molecule is CC1(C)CC(=O)C2=C(C1)OC1(C)OOC21C. The standard InChI is InChI=1S/C12H16O4/c1-10(2)5-7(13)9-8(6-10)14-12(4)11(9,3)15-16-12/h5-6H2,1-4H3. The van der Waals surface area contributed by atoms with E-state index in [2.05, 4.69) is 13.8 Å². The van der Waals surface area contributed by atoms with Crippen molar-refractivity contribution in [2.45, 2.75) is 51.9 Å². The molecule has 0 spiro atoms. The van der Waals surface area contributed by atoms with Crippen molar-refractivity contribution in [2.75, 3.05) is 0 Å². The minimum atomic E-state index is -0.812. The fourth-order valence-electron chi connectivity index (χ4n) is 2.79. The molecule has 4 heteroatoms. The van der Waals surface area contributed by atoms with Gasteiger partial charge in [-0.2, -0.15) is 4.89 Å². The summed E-state index contributed by atoms with van der Waals surface area (Å²) in [6, 6.07) is 0. The van der Waals surface area contributed by atoms with Gasteiger partial charge in [0, 0.05) is 19.8 Å². The molecule has 2 aliphatic heterocycles. The molecule has 0 aromatic rings. The van der Waals surface area contributed by atoms with Crippen LogP contribution in [0.15, 0.2) is 11.3 Å². The van der Waals surface area contributed by atoms with Crippen LogP contribution in [-0.4, -0.2) is 17.2 Å². The third-order valence-corrected chi connectivity index (χ3v) is 3.86. The summed E-state index contributed by atoms with van der Waals surface area (Å²) in [4.78, 5) is 22.3. The quantitative estimate of drug-likeness (QED) is 0.591. The molecule has 1 saturated heterocycles. The van der Waals surface area contributed by atoms with E-state index in [4.69, 9.17) is 14.5 Å². The summed E-state index contributed by atoms with van der Waals surface area (Å²) in [5, 5.41) is 0. The highest BCUT2D eigenvalue weighted by Crippen LogP contribution is 2.57. The molecule has 3 aliphatic rings. The average Bonchev–Trinajstić information content (AvgIpc) is 2.24. The van der Waals surface area contributed by atoms with E-state index in [-0.39, 0.29) is 11.2 Å². The third-order valence-electron chi connectivity index (χ3n) is 3.86. The van der Waals surface area contributed by atoms with Crippen molar-refractivity contribution in [1.82, 2.24) is 0 Å². The van der Waals surface area contributed by atoms with Crippen LogP contribution < -0.4 is 0 Å². The largest absolute Gasteiger partial charge is 0.460 e. The second-order valence-corrected chi connectivity index (χ2v) is 5.99. The first-order valence-electron chi connectivity index (χ1n) is 5.60. The van der Waals surface area contributed by atoms with Gasteiger partial charge >= 0.3 is 0 Å². The van der Waals surface area contributed by atoms with E-state index in [1.165, 1.54) is 0 Å². The van der Waals surface area contributed by atoms with E-state index in [1.54, 1.807) is 0 Å². The van der Waals surface area contributed by atoms with Crippen LogP contribution in [0.3, 0.4) is 0 Å². The molecule has 88 valence electrons. The van der Waals surface area contributed by atoms with Crippen molar-refractivity contribution >= 4 is 5.78 Å². The molecule has 0 aromatic heterocycles. The molecule has 0 aromatic carbocycles. The Balaban J connectivity index is 2.07. The number of fused-ring (bicyclic) bond motifs is 2. The molecular weight excluding hydrogens is 208 g/mol. The van der Waals surface area contributed by atoms with Gasteiger partial charge in [-0.15, -0.1) is 0 Å². The third kappa shape index (κ3) is 0.992. The van der Waals surface area contributed by atoms with Crippen molar-refractivity contribution in [3.8, 4) is 0 Å². The fourth-order valence-corrected chi connectivity index (χ4v) is 2.79. The molecule has 0 amide bonds. The van der Waals surface area contributed by atoms with Gasteiger partial charge in [-0.05, 0) is 12.3 Å². The van der Waals surface area contributed by atoms with Gasteiger partial charge < -0.3 is 4.74 Å². The van der Waals surface area contributed by atoms with Crippen LogP contribution in [0.2, 0.25) is 0 Å². The highest BCUT2D eigenvalue weighted by Gasteiger charge is 2.70. The van der Waals surface area contributed by atoms with Gasteiger partial charge in [-0.3, -0.25) is 4.79 Å². The van der Waals surface area contributed by atoms with E-state index in [0.29, 0.717) is 12.0 Å². The lowest BCUT2D eigenvalue weighted by Gasteiger charge is -2.46. The lowest BCUT2D eigenvalue weighted by molar-refractivity contribution is -0.577. The Morgan fingerprint density at radius 3 is 2.31 bits per heavy atom. The van der Waals surface area contributed by atoms with Gasteiger partial charge in [-0.1, -0.05) is 13.8 Å². The Morgan fingerprint density at radius 2 is 1.75 bits per heavy atom. The number of carbonyl (C=O) groups excluding carboxylic acids is 1. The van der Waals surface area contributed by atoms with E-state index in [0.717, 1.165) is 12.2 Å². The summed E-state index contributed by atoms with van der Waals surface area (Å²) in [6.07, 6.45) is 1.32. The van der Waals surface area contributed by atoms with E-state index in [9.17, 15) is 4.79 Å². The predicted octanol–water partition coefficient (Wildman–Crippen LogP) is 2.10. The summed E-state index contributed by atoms with van der Waals surface area (Å²) in [7, 11) is 0. The van der Waals surface area contributed by atoms with Crippen LogP contribution in [0.25, 0.3) is 0 Å². The number of carbonyl (C=O) groups is 1. The molecule has 0 radical (unpaired) electrons. The molecule has 3 rings (SSSR count). The number of rotatable bonds is 0. The van der Waals surface area contributed by atoms with Crippen molar-refractivity contribution in [3.63, 3.8) is 0 Å². The maximum absolute atomic E-state index is 12.2. The molecule has 0 saturated carbocycles. The smallest absolute Gasteiger partial charge is 0.273 e. The van der Waals surface area contributed by atoms with E-state index in [1.807, 2.05) is 13.8 Å². The van der Waals surface area contributed by atoms with Crippen LogP contribution in [0, 0.1) is 5.41 Å². The van der Waals surface area contributed by atoms with Crippen LogP contribution in [-0.2, 0) is 19.3 Å². The van der Waals surface area contributed by atoms with Gasteiger partial charge in [0.15, 0.2) is 11.4 Å². The van der Waals surface area contributed by atoms with Crippen molar-refractivity contribution in [1.29, 1.82) is 0 Å². The van der Waals surface area contributed by atoms with E-state index >= 15 is 0 Å². The molecule has 4 nitrogen and oxygen atoms in total. The number of Topliss-reactive ketones (excluding diaryl/α,β-unsaturated/α-hetero) is 1. The lowest BCUT2D eigenvalue weighted by Crippen LogP contribution is -2.63. The van der Waals surface area contributed by atoms with Gasteiger partial charge in [0.1, 0.15) is 5.76 Å². The molecule has 1 fully saturated rings. The number of hydrogen-bond acceptors (Lipinski definition) is 4. The maximum Gasteiger partial charge on any atom is 0.273 e. The molecule has 0 N–H and O–H groups in total. The Labute approximate surface area is 94.5 Å². The molecule has 16 heavy (non-hydrogen) atoms. The number of ether oxygens (including phenoxy) is 1. The second kappa shape index (κ2) is 2.51. The Kier molecular flexibility index (Phi) is 1.62. The summed E-state index contributed by atoms with van der Waals surface area (Å²) in [5.41, 5.74) is -0.0666. The Bertz CT molecular complexity index is 423. The van der Waals surface area contributed by atoms with Crippen molar-refractivity contribution in [2.24, 2.45) is 5.41 Å². The van der Waals surface area contributed by atoms with Gasteiger partial charge in [0.2, 0.25) is 0 Å². The summed E-state index contributed by atoms with van der Waals surface area (Å²) in [5.74, 6) is 0.0674. The average molecular weight is 224 g/mol. The monoisotopic (exact) mass is 224 g/mol. The molecular formula is C12H16O4. The maximum atomic E-state index is 12.2. The van der Waals surface area contributed by atoms with Gasteiger partial charge in [0.25, 0.3) is 5.79 Å². The molecule has 2 heterocycles. The molecule has 0 bridgehead atoms. The summed E-state index contributed by atoms with van der Waals surface area (Å²) >= 11 is 0. The normalized spacial score (nSPS) is 44.6. The van der Waals surface area contributed by atoms with Crippen LogP contribution in [0.1, 0.15) is 40.5 Å². The highest BCUT2D eigenvalue weighted by atomic mass is 17.3. The molecule has 2 atom stereocenters. The second-order valence-electron chi connectivity index (χ2n) is 5.99. The lowest BCUT2D eigenvalue weighted by atomic mass is 9.72. The topological polar surface area (TPSA) is 44.8 Å². The number of allylic oxidation sites excluding steroid dienone is 1. The minimum absolute atomic E-state index is 0.0353. The highest BCUT2D eigenvalue weighted by molar-refractivity contribution is 6.00. The first-order valence-corrected chi connectivity index (χ1v) is 5.60. The zero-order valence-electron chi connectivity index (χ0n) is 10.0. The van der Waals surface area contributed by atoms with Crippen molar-refractivity contribution < 1.29 is 19.3 Å². The summed E-state index contributed by atoms with van der Waals surface area (Å²) < 4.78 is 5.77. The van der Waals surface area contributed by atoms with E-state index < -0.39 is 11.4 Å². The summed E-state index contributed by atoms with van der Waals surface area (Å²) in [6.45, 7) is 7.82. The minimum Gasteiger partial charge on any atom is -0.460 e. The zero-order valence-corrected chi connectivity index (χ0v) is 10.0. The number of ketones is 1. The Morgan fingerprint density at radius 1 is 1.06 bits per heavy atom. The fraction of sp³-hybridized carbons (Fsp3) is 0.750. The van der Waals surface area contributed by atoms with Crippen LogP contribution in [0.4, 0.5) is 0 Å². The van der Waals surface area contributed by atoms with Crippen LogP contribution in [0.5, 0.6) is 0 Å². The first-order chi connectivity index (χ1) is 7.28. The van der Waals surface area contributed by atoms with Gasteiger partial charge in [-0.25, -0.2) is 4.89 Å². The first kappa shape index (κ1) is 10.3. The predicted molar refractivity (Wildman–Crippen MR) is 55.1 cm³/mol. The van der Waals surface area contributed by atoms with Gasteiger partial charge in [0.05, 0.1) is 5.57 Å². The van der Waals surface area contributed by atoms with Crippen LogP contribution >= 0.6 is 0 Å².